The SMILES string of the molecule is COc1ccc(-n2ccnc2SCCn2nc(C)nc2C)cc1. The van der Waals surface area contributed by atoms with Crippen molar-refractivity contribution in [3.63, 3.8) is 0 Å². The maximum atomic E-state index is 5.20. The van der Waals surface area contributed by atoms with Crippen molar-refractivity contribution in [2.24, 2.45) is 0 Å². The molecule has 3 rings (SSSR count). The van der Waals surface area contributed by atoms with E-state index < -0.39 is 0 Å². The average molecular weight is 329 g/mol. The first-order valence-electron chi connectivity index (χ1n) is 7.36. The van der Waals surface area contributed by atoms with Crippen molar-refractivity contribution in [2.45, 2.75) is 25.5 Å². The van der Waals surface area contributed by atoms with Gasteiger partial charge in [0.2, 0.25) is 0 Å². The Labute approximate surface area is 139 Å². The molecule has 0 amide bonds. The Morgan fingerprint density at radius 3 is 2.61 bits per heavy atom. The highest BCUT2D eigenvalue weighted by atomic mass is 32.2. The van der Waals surface area contributed by atoms with Gasteiger partial charge in [0.1, 0.15) is 17.4 Å². The van der Waals surface area contributed by atoms with Gasteiger partial charge in [0, 0.05) is 23.8 Å². The maximum absolute atomic E-state index is 5.20. The maximum Gasteiger partial charge on any atom is 0.172 e. The number of benzene rings is 1. The first kappa shape index (κ1) is 15.6. The van der Waals surface area contributed by atoms with E-state index in [1.165, 1.54) is 0 Å². The Morgan fingerprint density at radius 1 is 1.17 bits per heavy atom. The standard InChI is InChI=1S/C16H19N5OS/c1-12-18-13(2)21(19-12)10-11-23-16-17-8-9-20(16)14-4-6-15(22-3)7-5-14/h4-9H,10-11H2,1-3H3. The summed E-state index contributed by atoms with van der Waals surface area (Å²) in [5, 5.41) is 5.34. The Morgan fingerprint density at radius 2 is 1.96 bits per heavy atom. The molecule has 0 radical (unpaired) electrons. The van der Waals surface area contributed by atoms with Crippen LogP contribution in [0.15, 0.2) is 41.8 Å². The molecule has 23 heavy (non-hydrogen) atoms. The second-order valence-corrected chi connectivity index (χ2v) is 6.12. The lowest BCUT2D eigenvalue weighted by atomic mass is 10.3. The van der Waals surface area contributed by atoms with Gasteiger partial charge in [0.25, 0.3) is 0 Å². The predicted octanol–water partition coefficient (Wildman–Crippen LogP) is 2.88. The van der Waals surface area contributed by atoms with Crippen LogP contribution in [0.5, 0.6) is 5.75 Å². The normalized spacial score (nSPS) is 10.9. The molecule has 0 aliphatic heterocycles. The van der Waals surface area contributed by atoms with Crippen LogP contribution in [0.25, 0.3) is 5.69 Å². The summed E-state index contributed by atoms with van der Waals surface area (Å²) in [5.41, 5.74) is 1.07. The number of rotatable bonds is 6. The number of ether oxygens (including phenoxy) is 1. The van der Waals surface area contributed by atoms with Crippen molar-refractivity contribution in [3.05, 3.63) is 48.3 Å². The van der Waals surface area contributed by atoms with Gasteiger partial charge in [0.05, 0.1) is 13.7 Å². The number of methoxy groups -OCH3 is 1. The quantitative estimate of drug-likeness (QED) is 0.651. The van der Waals surface area contributed by atoms with Crippen LogP contribution < -0.4 is 4.74 Å². The third-order valence-corrected chi connectivity index (χ3v) is 4.40. The molecule has 120 valence electrons. The zero-order valence-electron chi connectivity index (χ0n) is 13.4. The van der Waals surface area contributed by atoms with Crippen molar-refractivity contribution in [1.82, 2.24) is 24.3 Å². The molecule has 0 atom stereocenters. The fourth-order valence-electron chi connectivity index (χ4n) is 2.33. The number of aryl methyl sites for hydroxylation is 3. The van der Waals surface area contributed by atoms with Crippen LogP contribution in [-0.2, 0) is 6.54 Å². The Bertz CT molecular complexity index is 778. The number of hydrogen-bond donors (Lipinski definition) is 0. The molecule has 0 saturated carbocycles. The summed E-state index contributed by atoms with van der Waals surface area (Å²) in [6.45, 7) is 4.70. The van der Waals surface area contributed by atoms with E-state index in [4.69, 9.17) is 4.74 Å². The molecule has 6 nitrogen and oxygen atoms in total. The summed E-state index contributed by atoms with van der Waals surface area (Å²) in [6, 6.07) is 7.95. The molecule has 1 aromatic carbocycles. The van der Waals surface area contributed by atoms with Crippen molar-refractivity contribution >= 4 is 11.8 Å². The number of thioether (sulfide) groups is 1. The number of hydrogen-bond acceptors (Lipinski definition) is 5. The van der Waals surface area contributed by atoms with Crippen molar-refractivity contribution in [2.75, 3.05) is 12.9 Å². The zero-order chi connectivity index (χ0) is 16.2. The summed E-state index contributed by atoms with van der Waals surface area (Å²) in [4.78, 5) is 8.76. The lowest BCUT2D eigenvalue weighted by Crippen LogP contribution is -2.05. The lowest BCUT2D eigenvalue weighted by molar-refractivity contribution is 0.414. The highest BCUT2D eigenvalue weighted by Crippen LogP contribution is 2.22. The minimum atomic E-state index is 0.812. The van der Waals surface area contributed by atoms with Gasteiger partial charge in [-0.15, -0.1) is 0 Å². The van der Waals surface area contributed by atoms with Crippen LogP contribution in [-0.4, -0.2) is 37.2 Å². The van der Waals surface area contributed by atoms with E-state index in [0.717, 1.165) is 40.5 Å². The van der Waals surface area contributed by atoms with E-state index >= 15 is 0 Å². The summed E-state index contributed by atoms with van der Waals surface area (Å²) in [6.07, 6.45) is 3.78. The molecular formula is C16H19N5OS. The highest BCUT2D eigenvalue weighted by Gasteiger charge is 2.07. The summed E-state index contributed by atoms with van der Waals surface area (Å²) < 4.78 is 9.20. The second-order valence-electron chi connectivity index (χ2n) is 5.06. The molecule has 0 unspecified atom stereocenters. The first-order valence-corrected chi connectivity index (χ1v) is 8.34. The number of nitrogens with zero attached hydrogens (tertiary/aromatic N) is 5. The molecule has 0 bridgehead atoms. The van der Waals surface area contributed by atoms with Crippen LogP contribution in [0.3, 0.4) is 0 Å². The first-order chi connectivity index (χ1) is 11.2. The third kappa shape index (κ3) is 3.56. The van der Waals surface area contributed by atoms with Crippen molar-refractivity contribution < 1.29 is 4.74 Å². The van der Waals surface area contributed by atoms with Gasteiger partial charge >= 0.3 is 0 Å². The van der Waals surface area contributed by atoms with Crippen molar-refractivity contribution in [1.29, 1.82) is 0 Å². The molecule has 0 fully saturated rings. The Kier molecular flexibility index (Phi) is 4.66. The van der Waals surface area contributed by atoms with Gasteiger partial charge in [-0.1, -0.05) is 11.8 Å². The van der Waals surface area contributed by atoms with Gasteiger partial charge in [-0.3, -0.25) is 4.57 Å². The molecule has 2 heterocycles. The van der Waals surface area contributed by atoms with Crippen LogP contribution >= 0.6 is 11.8 Å². The summed E-state index contributed by atoms with van der Waals surface area (Å²) >= 11 is 1.70. The molecule has 7 heteroatoms. The Balaban J connectivity index is 1.67. The molecule has 3 aromatic rings. The van der Waals surface area contributed by atoms with Crippen LogP contribution in [0.1, 0.15) is 11.6 Å². The Hall–Kier alpha value is -2.28. The van der Waals surface area contributed by atoms with E-state index in [2.05, 4.69) is 19.6 Å². The molecule has 0 saturated heterocycles. The van der Waals surface area contributed by atoms with Gasteiger partial charge in [-0.25, -0.2) is 14.6 Å². The molecule has 2 aromatic heterocycles. The zero-order valence-corrected chi connectivity index (χ0v) is 14.2. The van der Waals surface area contributed by atoms with Crippen LogP contribution in [0.2, 0.25) is 0 Å². The second kappa shape index (κ2) is 6.87. The minimum Gasteiger partial charge on any atom is -0.497 e. The van der Waals surface area contributed by atoms with E-state index in [0.29, 0.717) is 0 Å². The fourth-order valence-corrected chi connectivity index (χ4v) is 3.22. The van der Waals surface area contributed by atoms with E-state index in [9.17, 15) is 0 Å². The monoisotopic (exact) mass is 329 g/mol. The van der Waals surface area contributed by atoms with E-state index in [1.807, 2.05) is 55.2 Å². The van der Waals surface area contributed by atoms with Gasteiger partial charge in [0.15, 0.2) is 5.16 Å². The summed E-state index contributed by atoms with van der Waals surface area (Å²) in [5.74, 6) is 3.49. The van der Waals surface area contributed by atoms with Gasteiger partial charge in [-0.05, 0) is 38.1 Å². The minimum absolute atomic E-state index is 0.812. The molecule has 0 aliphatic carbocycles. The summed E-state index contributed by atoms with van der Waals surface area (Å²) in [7, 11) is 1.67. The van der Waals surface area contributed by atoms with E-state index in [-0.39, 0.29) is 0 Å². The van der Waals surface area contributed by atoms with Crippen LogP contribution in [0, 0.1) is 13.8 Å². The highest BCUT2D eigenvalue weighted by molar-refractivity contribution is 7.99. The number of imidazole rings is 1. The number of aromatic nitrogens is 5. The topological polar surface area (TPSA) is 57.8 Å². The molecule has 0 N–H and O–H groups in total. The van der Waals surface area contributed by atoms with Crippen LogP contribution in [0.4, 0.5) is 0 Å². The lowest BCUT2D eigenvalue weighted by Gasteiger charge is -2.08. The smallest absolute Gasteiger partial charge is 0.172 e. The molecule has 0 spiro atoms. The average Bonchev–Trinajstić information content (AvgIpc) is 3.14. The fraction of sp³-hybridized carbons (Fsp3) is 0.312. The largest absolute Gasteiger partial charge is 0.497 e. The van der Waals surface area contributed by atoms with Gasteiger partial charge < -0.3 is 4.74 Å². The molecule has 0 aliphatic rings. The van der Waals surface area contributed by atoms with E-state index in [1.54, 1.807) is 18.9 Å². The predicted molar refractivity (Wildman–Crippen MR) is 90.3 cm³/mol. The van der Waals surface area contributed by atoms with Gasteiger partial charge in [-0.2, -0.15) is 5.10 Å². The molecular weight excluding hydrogens is 310 g/mol. The third-order valence-electron chi connectivity index (χ3n) is 3.45. The van der Waals surface area contributed by atoms with Crippen molar-refractivity contribution in [3.8, 4) is 11.4 Å².